The second kappa shape index (κ2) is 4.41. The van der Waals surface area contributed by atoms with Crippen molar-refractivity contribution in [1.29, 1.82) is 0 Å². The Balaban J connectivity index is 5.07. The molecule has 5 heteroatoms. The SMILES string of the molecule is CC(C(=O)O)=C(C[Si](C)(C)C)C(=O)O. The van der Waals surface area contributed by atoms with Crippen LogP contribution in [-0.2, 0) is 9.59 Å². The molecule has 0 aromatic heterocycles. The highest BCUT2D eigenvalue weighted by Gasteiger charge is 2.23. The van der Waals surface area contributed by atoms with E-state index in [0.717, 1.165) is 0 Å². The fraction of sp³-hybridized carbons (Fsp3) is 0.556. The summed E-state index contributed by atoms with van der Waals surface area (Å²) in [6.45, 7) is 7.35. The number of aliphatic carboxylic acids is 2. The van der Waals surface area contributed by atoms with Crippen LogP contribution >= 0.6 is 0 Å². The van der Waals surface area contributed by atoms with Crippen LogP contribution in [0.3, 0.4) is 0 Å². The first kappa shape index (κ1) is 12.9. The normalized spacial score (nSPS) is 13.4. The van der Waals surface area contributed by atoms with Gasteiger partial charge in [0.15, 0.2) is 0 Å². The van der Waals surface area contributed by atoms with E-state index in [2.05, 4.69) is 0 Å². The predicted octanol–water partition coefficient (Wildman–Crippen LogP) is 1.81. The van der Waals surface area contributed by atoms with E-state index in [9.17, 15) is 9.59 Å². The van der Waals surface area contributed by atoms with Gasteiger partial charge in [-0.15, -0.1) is 0 Å². The van der Waals surface area contributed by atoms with Gasteiger partial charge in [0.25, 0.3) is 0 Å². The summed E-state index contributed by atoms with van der Waals surface area (Å²) in [5, 5.41) is 17.5. The number of carbonyl (C=O) groups is 2. The Hall–Kier alpha value is -1.10. The zero-order valence-corrected chi connectivity index (χ0v) is 9.92. The van der Waals surface area contributed by atoms with E-state index < -0.39 is 20.0 Å². The van der Waals surface area contributed by atoms with Gasteiger partial charge in [0.1, 0.15) is 0 Å². The van der Waals surface area contributed by atoms with Gasteiger partial charge in [0, 0.05) is 19.2 Å². The second-order valence-electron chi connectivity index (χ2n) is 4.45. The third-order valence-corrected chi connectivity index (χ3v) is 3.15. The Labute approximate surface area is 84.3 Å². The minimum absolute atomic E-state index is 0.0386. The fourth-order valence-electron chi connectivity index (χ4n) is 1.03. The Morgan fingerprint density at radius 2 is 1.50 bits per heavy atom. The van der Waals surface area contributed by atoms with Crippen molar-refractivity contribution >= 4 is 20.0 Å². The first-order valence-electron chi connectivity index (χ1n) is 4.31. The molecule has 0 saturated carbocycles. The van der Waals surface area contributed by atoms with E-state index in [1.807, 2.05) is 19.6 Å². The van der Waals surface area contributed by atoms with Crippen LogP contribution in [-0.4, -0.2) is 30.2 Å². The lowest BCUT2D eigenvalue weighted by molar-refractivity contribution is -0.135. The lowest BCUT2D eigenvalue weighted by Crippen LogP contribution is -2.24. The topological polar surface area (TPSA) is 74.6 Å². The molecular weight excluding hydrogens is 200 g/mol. The summed E-state index contributed by atoms with van der Waals surface area (Å²) >= 11 is 0. The molecule has 0 aromatic carbocycles. The van der Waals surface area contributed by atoms with Crippen molar-refractivity contribution < 1.29 is 19.8 Å². The summed E-state index contributed by atoms with van der Waals surface area (Å²) in [5.74, 6) is -2.27. The van der Waals surface area contributed by atoms with Gasteiger partial charge in [0.2, 0.25) is 0 Å². The van der Waals surface area contributed by atoms with E-state index in [1.165, 1.54) is 6.92 Å². The van der Waals surface area contributed by atoms with Gasteiger partial charge in [0.05, 0.1) is 0 Å². The van der Waals surface area contributed by atoms with Crippen LogP contribution in [0.4, 0.5) is 0 Å². The van der Waals surface area contributed by atoms with Gasteiger partial charge in [-0.3, -0.25) is 0 Å². The molecule has 0 aliphatic carbocycles. The van der Waals surface area contributed by atoms with Crippen LogP contribution in [0.25, 0.3) is 0 Å². The molecule has 0 amide bonds. The zero-order chi connectivity index (χ0) is 11.5. The third-order valence-electron chi connectivity index (χ3n) is 1.74. The predicted molar refractivity (Wildman–Crippen MR) is 56.1 cm³/mol. The summed E-state index contributed by atoms with van der Waals surface area (Å²) in [6.07, 6.45) is 0. The molecule has 0 aliphatic rings. The average Bonchev–Trinajstić information content (AvgIpc) is 1.96. The number of rotatable bonds is 4. The van der Waals surface area contributed by atoms with E-state index in [0.29, 0.717) is 6.04 Å². The van der Waals surface area contributed by atoms with Crippen molar-refractivity contribution in [2.75, 3.05) is 0 Å². The molecule has 4 nitrogen and oxygen atoms in total. The van der Waals surface area contributed by atoms with E-state index in [4.69, 9.17) is 10.2 Å². The highest BCUT2D eigenvalue weighted by Crippen LogP contribution is 2.19. The summed E-state index contributed by atoms with van der Waals surface area (Å²) in [6, 6.07) is 0.389. The average molecular weight is 216 g/mol. The van der Waals surface area contributed by atoms with E-state index in [1.54, 1.807) is 0 Å². The van der Waals surface area contributed by atoms with Crippen molar-refractivity contribution in [3.8, 4) is 0 Å². The maximum Gasteiger partial charge on any atom is 0.331 e. The standard InChI is InChI=1S/C9H16O4Si/c1-6(8(10)11)7(9(12)13)5-14(2,3)4/h5H2,1-4H3,(H,10,11)(H,12,13). The van der Waals surface area contributed by atoms with Gasteiger partial charge in [-0.25, -0.2) is 9.59 Å². The van der Waals surface area contributed by atoms with Gasteiger partial charge < -0.3 is 10.2 Å². The van der Waals surface area contributed by atoms with Crippen LogP contribution in [0.1, 0.15) is 6.92 Å². The Morgan fingerprint density at radius 1 is 1.07 bits per heavy atom. The highest BCUT2D eigenvalue weighted by atomic mass is 28.3. The first-order valence-corrected chi connectivity index (χ1v) is 8.02. The number of hydrogen-bond acceptors (Lipinski definition) is 2. The highest BCUT2D eigenvalue weighted by molar-refractivity contribution is 6.77. The molecule has 0 unspecified atom stereocenters. The number of carboxylic acid groups (broad SMARTS) is 2. The summed E-state index contributed by atoms with van der Waals surface area (Å²) < 4.78 is 0. The van der Waals surface area contributed by atoms with E-state index >= 15 is 0 Å². The lowest BCUT2D eigenvalue weighted by Gasteiger charge is -2.16. The molecular formula is C9H16O4Si. The second-order valence-corrected chi connectivity index (χ2v) is 9.93. The molecule has 0 fully saturated rings. The molecule has 0 aromatic rings. The lowest BCUT2D eigenvalue weighted by atomic mass is 10.1. The summed E-state index contributed by atoms with van der Waals surface area (Å²) in [7, 11) is -1.59. The minimum atomic E-state index is -1.59. The Kier molecular flexibility index (Phi) is 4.06. The van der Waals surface area contributed by atoms with Crippen molar-refractivity contribution in [3.05, 3.63) is 11.1 Å². The van der Waals surface area contributed by atoms with E-state index in [-0.39, 0.29) is 11.1 Å². The van der Waals surface area contributed by atoms with Crippen molar-refractivity contribution in [3.63, 3.8) is 0 Å². The monoisotopic (exact) mass is 216 g/mol. The van der Waals surface area contributed by atoms with Crippen LogP contribution in [0.2, 0.25) is 25.7 Å². The van der Waals surface area contributed by atoms with Gasteiger partial charge >= 0.3 is 11.9 Å². The first-order chi connectivity index (χ1) is 6.15. The molecule has 80 valence electrons. The molecule has 0 radical (unpaired) electrons. The molecule has 0 aliphatic heterocycles. The van der Waals surface area contributed by atoms with Crippen molar-refractivity contribution in [2.24, 2.45) is 0 Å². The Bertz CT molecular complexity index is 286. The summed E-state index contributed by atoms with van der Waals surface area (Å²) in [5.41, 5.74) is -0.0170. The maximum atomic E-state index is 10.8. The van der Waals surface area contributed by atoms with Gasteiger partial charge in [-0.05, 0) is 13.0 Å². The number of hydrogen-bond donors (Lipinski definition) is 2. The molecule has 0 spiro atoms. The molecule has 2 N–H and O–H groups in total. The minimum Gasteiger partial charge on any atom is -0.478 e. The van der Waals surface area contributed by atoms with Crippen LogP contribution in [0.15, 0.2) is 11.1 Å². The molecule has 0 bridgehead atoms. The molecule has 14 heavy (non-hydrogen) atoms. The van der Waals surface area contributed by atoms with Crippen LogP contribution in [0, 0.1) is 0 Å². The van der Waals surface area contributed by atoms with Crippen LogP contribution in [0.5, 0.6) is 0 Å². The molecule has 0 rings (SSSR count). The fourth-order valence-corrected chi connectivity index (χ4v) is 2.51. The Morgan fingerprint density at radius 3 is 1.71 bits per heavy atom. The van der Waals surface area contributed by atoms with Crippen molar-refractivity contribution in [2.45, 2.75) is 32.6 Å². The van der Waals surface area contributed by atoms with Crippen LogP contribution < -0.4 is 0 Å². The molecule has 0 atom stereocenters. The maximum absolute atomic E-state index is 10.8. The quantitative estimate of drug-likeness (QED) is 0.555. The zero-order valence-electron chi connectivity index (χ0n) is 8.92. The van der Waals surface area contributed by atoms with Crippen molar-refractivity contribution in [1.82, 2.24) is 0 Å². The smallest absolute Gasteiger partial charge is 0.331 e. The largest absolute Gasteiger partial charge is 0.478 e. The molecule has 0 heterocycles. The summed E-state index contributed by atoms with van der Waals surface area (Å²) in [4.78, 5) is 21.4. The molecule has 0 saturated heterocycles. The third kappa shape index (κ3) is 4.22. The van der Waals surface area contributed by atoms with Gasteiger partial charge in [-0.2, -0.15) is 0 Å². The number of carboxylic acids is 2. The van der Waals surface area contributed by atoms with Gasteiger partial charge in [-0.1, -0.05) is 19.6 Å².